The smallest absolute Gasteiger partial charge is 0.270 e. The van der Waals surface area contributed by atoms with Crippen LogP contribution in [0.2, 0.25) is 0 Å². The Hall–Kier alpha value is -3.11. The zero-order valence-corrected chi connectivity index (χ0v) is 20.5. The molecule has 0 saturated heterocycles. The number of nitrogens with zero attached hydrogens (tertiary/aromatic N) is 3. The van der Waals surface area contributed by atoms with Crippen LogP contribution in [-0.4, -0.2) is 42.4 Å². The highest BCUT2D eigenvalue weighted by atomic mass is 32.2. The van der Waals surface area contributed by atoms with E-state index in [0.717, 1.165) is 24.8 Å². The van der Waals surface area contributed by atoms with Gasteiger partial charge in [-0.15, -0.1) is 0 Å². The molecule has 0 unspecified atom stereocenters. The zero-order valence-electron chi connectivity index (χ0n) is 19.7. The van der Waals surface area contributed by atoms with Gasteiger partial charge in [0.2, 0.25) is 10.0 Å². The third-order valence-electron chi connectivity index (χ3n) is 5.94. The van der Waals surface area contributed by atoms with Gasteiger partial charge in [0.1, 0.15) is 0 Å². The minimum absolute atomic E-state index is 0.0892. The molecule has 1 amide bonds. The Labute approximate surface area is 200 Å². The van der Waals surface area contributed by atoms with Crippen molar-refractivity contribution < 1.29 is 18.1 Å². The molecule has 1 N–H and O–H groups in total. The average Bonchev–Trinajstić information content (AvgIpc) is 2.77. The normalized spacial score (nSPS) is 15.1. The Bertz CT molecular complexity index is 1180. The minimum atomic E-state index is -3.92. The van der Waals surface area contributed by atoms with Crippen LogP contribution in [0.5, 0.6) is 0 Å². The summed E-state index contributed by atoms with van der Waals surface area (Å²) in [7, 11) is -3.92. The first-order valence-electron chi connectivity index (χ1n) is 11.3. The van der Waals surface area contributed by atoms with E-state index in [-0.39, 0.29) is 23.2 Å². The number of hydrogen-bond acceptors (Lipinski definition) is 6. The van der Waals surface area contributed by atoms with E-state index in [1.807, 2.05) is 19.1 Å². The van der Waals surface area contributed by atoms with Crippen LogP contribution in [0.15, 0.2) is 46.4 Å². The number of hydrogen-bond donors (Lipinski definition) is 1. The van der Waals surface area contributed by atoms with E-state index in [9.17, 15) is 23.3 Å². The monoisotopic (exact) mass is 486 g/mol. The van der Waals surface area contributed by atoms with Gasteiger partial charge in [0.05, 0.1) is 22.6 Å². The van der Waals surface area contributed by atoms with Crippen LogP contribution in [0.25, 0.3) is 0 Å². The highest BCUT2D eigenvalue weighted by Gasteiger charge is 2.35. The number of amides is 1. The molecule has 10 heteroatoms. The molecule has 34 heavy (non-hydrogen) atoms. The van der Waals surface area contributed by atoms with Crippen molar-refractivity contribution in [3.8, 4) is 0 Å². The molecule has 3 rings (SSSR count). The van der Waals surface area contributed by atoms with E-state index in [2.05, 4.69) is 10.5 Å². The molecule has 9 nitrogen and oxygen atoms in total. The highest BCUT2D eigenvalue weighted by Crippen LogP contribution is 2.31. The number of hydrazone groups is 1. The van der Waals surface area contributed by atoms with E-state index in [0.29, 0.717) is 29.5 Å². The summed E-state index contributed by atoms with van der Waals surface area (Å²) in [5.41, 5.74) is 5.01. The summed E-state index contributed by atoms with van der Waals surface area (Å²) < 4.78 is 28.8. The summed E-state index contributed by atoms with van der Waals surface area (Å²) in [6.45, 7) is 5.11. The first-order valence-corrected chi connectivity index (χ1v) is 12.7. The first kappa shape index (κ1) is 25.5. The predicted octanol–water partition coefficient (Wildman–Crippen LogP) is 3.99. The number of aryl methyl sites for hydroxylation is 3. The fraction of sp³-hybridized carbons (Fsp3) is 0.417. The molecule has 1 saturated carbocycles. The van der Waals surface area contributed by atoms with E-state index >= 15 is 0 Å². The van der Waals surface area contributed by atoms with E-state index in [1.165, 1.54) is 28.7 Å². The van der Waals surface area contributed by atoms with Gasteiger partial charge in [-0.05, 0) is 44.7 Å². The minimum Gasteiger partial charge on any atom is -0.272 e. The van der Waals surface area contributed by atoms with Crippen molar-refractivity contribution >= 4 is 27.8 Å². The van der Waals surface area contributed by atoms with Crippen molar-refractivity contribution in [2.24, 2.45) is 5.10 Å². The van der Waals surface area contributed by atoms with Gasteiger partial charge >= 0.3 is 0 Å². The van der Waals surface area contributed by atoms with Crippen LogP contribution >= 0.6 is 0 Å². The number of benzene rings is 2. The molecular formula is C24H30N4O5S. The average molecular weight is 487 g/mol. The molecule has 1 aliphatic rings. The Balaban J connectivity index is 1.82. The third kappa shape index (κ3) is 6.06. The number of nitro benzene ring substituents is 1. The Morgan fingerprint density at radius 3 is 2.41 bits per heavy atom. The molecular weight excluding hydrogens is 456 g/mol. The number of non-ortho nitro benzene ring substituents is 1. The number of nitro groups is 1. The van der Waals surface area contributed by atoms with Crippen LogP contribution in [0, 0.1) is 30.9 Å². The molecule has 2 aromatic carbocycles. The number of rotatable bonds is 8. The number of nitrogens with one attached hydrogen (secondary N) is 1. The fourth-order valence-electron chi connectivity index (χ4n) is 4.54. The Kier molecular flexibility index (Phi) is 8.16. The van der Waals surface area contributed by atoms with Crippen LogP contribution < -0.4 is 5.43 Å². The van der Waals surface area contributed by atoms with Crippen LogP contribution in [0.3, 0.4) is 0 Å². The summed E-state index contributed by atoms with van der Waals surface area (Å²) in [6, 6.07) is 9.24. The quantitative estimate of drug-likeness (QED) is 0.343. The van der Waals surface area contributed by atoms with Gasteiger partial charge in [0.15, 0.2) is 0 Å². The van der Waals surface area contributed by atoms with Gasteiger partial charge in [-0.1, -0.05) is 49.1 Å². The molecule has 0 atom stereocenters. The maximum atomic E-state index is 13.8. The standard InChI is InChI=1S/C24H30N4O5S/c1-17-12-18(2)24(19(3)13-17)34(32,33)27(21-9-5-4-6-10-21)16-23(29)26-25-15-20-8-7-11-22(14-20)28(30)31/h7-8,11-15,21H,4-6,9-10,16H2,1-3H3,(H,26,29)/b25-15+. The van der Waals surface area contributed by atoms with Gasteiger partial charge in [0, 0.05) is 23.7 Å². The second-order valence-electron chi connectivity index (χ2n) is 8.72. The second-order valence-corrected chi connectivity index (χ2v) is 10.5. The zero-order chi connectivity index (χ0) is 24.9. The van der Waals surface area contributed by atoms with E-state index in [4.69, 9.17) is 0 Å². The maximum Gasteiger partial charge on any atom is 0.270 e. The number of carbonyl (C=O) groups is 1. The van der Waals surface area contributed by atoms with Gasteiger partial charge in [-0.3, -0.25) is 14.9 Å². The molecule has 1 aliphatic carbocycles. The lowest BCUT2D eigenvalue weighted by Crippen LogP contribution is -2.46. The van der Waals surface area contributed by atoms with Crippen molar-refractivity contribution in [2.75, 3.05) is 6.54 Å². The third-order valence-corrected chi connectivity index (χ3v) is 8.14. The lowest BCUT2D eigenvalue weighted by molar-refractivity contribution is -0.384. The fourth-order valence-corrected chi connectivity index (χ4v) is 6.60. The maximum absolute atomic E-state index is 13.8. The SMILES string of the molecule is Cc1cc(C)c(S(=O)(=O)N(CC(=O)N/N=C/c2cccc([N+](=O)[O-])c2)C2CCCCC2)c(C)c1. The van der Waals surface area contributed by atoms with Crippen LogP contribution in [0.1, 0.15) is 54.4 Å². The molecule has 0 spiro atoms. The van der Waals surface area contributed by atoms with Gasteiger partial charge in [-0.25, -0.2) is 13.8 Å². The van der Waals surface area contributed by atoms with Crippen molar-refractivity contribution in [1.82, 2.24) is 9.73 Å². The van der Waals surface area contributed by atoms with E-state index in [1.54, 1.807) is 19.9 Å². The lowest BCUT2D eigenvalue weighted by Gasteiger charge is -2.33. The summed E-state index contributed by atoms with van der Waals surface area (Å²) in [5, 5.41) is 14.8. The molecule has 182 valence electrons. The lowest BCUT2D eigenvalue weighted by atomic mass is 9.95. The molecule has 0 heterocycles. The highest BCUT2D eigenvalue weighted by molar-refractivity contribution is 7.89. The van der Waals surface area contributed by atoms with Crippen molar-refractivity contribution in [3.63, 3.8) is 0 Å². The summed E-state index contributed by atoms with van der Waals surface area (Å²) in [4.78, 5) is 23.4. The molecule has 2 aromatic rings. The topological polar surface area (TPSA) is 122 Å². The summed E-state index contributed by atoms with van der Waals surface area (Å²) in [5.74, 6) is -0.571. The van der Waals surface area contributed by atoms with Crippen molar-refractivity contribution in [1.29, 1.82) is 0 Å². The van der Waals surface area contributed by atoms with Gasteiger partial charge in [-0.2, -0.15) is 9.41 Å². The molecule has 0 bridgehead atoms. The van der Waals surface area contributed by atoms with Gasteiger partial charge in [0.25, 0.3) is 11.6 Å². The Morgan fingerprint density at radius 1 is 1.15 bits per heavy atom. The number of sulfonamides is 1. The van der Waals surface area contributed by atoms with Crippen molar-refractivity contribution in [2.45, 2.75) is 63.8 Å². The largest absolute Gasteiger partial charge is 0.272 e. The molecule has 0 aromatic heterocycles. The Morgan fingerprint density at radius 2 is 1.79 bits per heavy atom. The molecule has 0 radical (unpaired) electrons. The first-order chi connectivity index (χ1) is 16.1. The van der Waals surface area contributed by atoms with Gasteiger partial charge < -0.3 is 0 Å². The van der Waals surface area contributed by atoms with Crippen LogP contribution in [0.4, 0.5) is 5.69 Å². The van der Waals surface area contributed by atoms with Crippen LogP contribution in [-0.2, 0) is 14.8 Å². The summed E-state index contributed by atoms with van der Waals surface area (Å²) >= 11 is 0. The van der Waals surface area contributed by atoms with E-state index < -0.39 is 20.9 Å². The molecule has 1 fully saturated rings. The molecule has 0 aliphatic heterocycles. The predicted molar refractivity (Wildman–Crippen MR) is 130 cm³/mol. The second kappa shape index (κ2) is 10.9. The van der Waals surface area contributed by atoms with Crippen molar-refractivity contribution in [3.05, 3.63) is 68.8 Å². The summed E-state index contributed by atoms with van der Waals surface area (Å²) in [6.07, 6.45) is 5.57. The number of carbonyl (C=O) groups excluding carboxylic acids is 1.